The van der Waals surface area contributed by atoms with Crippen molar-refractivity contribution in [1.29, 1.82) is 0 Å². The number of methoxy groups -OCH3 is 1. The predicted octanol–water partition coefficient (Wildman–Crippen LogP) is 2.49. The monoisotopic (exact) mass is 500 g/mol. The van der Waals surface area contributed by atoms with Crippen LogP contribution < -0.4 is 21.3 Å². The molecule has 0 unspecified atom stereocenters. The molecule has 0 saturated heterocycles. The van der Waals surface area contributed by atoms with Crippen LogP contribution in [0.4, 0.5) is 18.9 Å². The summed E-state index contributed by atoms with van der Waals surface area (Å²) in [5.74, 6) is -2.81. The number of nitrogens with one attached hydrogen (secondary N) is 1. The summed E-state index contributed by atoms with van der Waals surface area (Å²) in [5.41, 5.74) is -4.71. The molecule has 0 atom stereocenters. The van der Waals surface area contributed by atoms with Gasteiger partial charge in [-0.15, -0.1) is 0 Å². The fraction of sp³-hybridized carbons (Fsp3) is 0.200. The molecule has 3 rings (SSSR count). The summed E-state index contributed by atoms with van der Waals surface area (Å²) in [4.78, 5) is 40.7. The van der Waals surface area contributed by atoms with Crippen LogP contribution in [0.3, 0.4) is 0 Å². The van der Waals surface area contributed by atoms with Crippen LogP contribution in [0, 0.1) is 0 Å². The number of phenolic OH excluding ortho intramolecular Hbond substituents is 1. The Morgan fingerprint density at radius 1 is 1.18 bits per heavy atom. The van der Waals surface area contributed by atoms with Crippen molar-refractivity contribution in [3.05, 3.63) is 61.4 Å². The van der Waals surface area contributed by atoms with Gasteiger partial charge in [0.1, 0.15) is 5.75 Å². The lowest BCUT2D eigenvalue weighted by Crippen LogP contribution is -2.40. The van der Waals surface area contributed by atoms with Gasteiger partial charge in [0.05, 0.1) is 34.6 Å². The van der Waals surface area contributed by atoms with Crippen LogP contribution in [-0.4, -0.2) is 37.3 Å². The third-order valence-corrected chi connectivity index (χ3v) is 5.16. The molecular formula is C20H16ClF3N4O6. The predicted molar refractivity (Wildman–Crippen MR) is 114 cm³/mol. The van der Waals surface area contributed by atoms with Crippen molar-refractivity contribution >= 4 is 23.2 Å². The van der Waals surface area contributed by atoms with Crippen LogP contribution in [0.1, 0.15) is 15.9 Å². The zero-order valence-corrected chi connectivity index (χ0v) is 18.4. The Balaban J connectivity index is 2.13. The summed E-state index contributed by atoms with van der Waals surface area (Å²) in [5, 5.41) is 22.7. The largest absolute Gasteiger partial charge is 0.505 e. The molecule has 34 heavy (non-hydrogen) atoms. The highest BCUT2D eigenvalue weighted by Gasteiger charge is 2.32. The first kappa shape index (κ1) is 24.6. The topological polar surface area (TPSA) is 136 Å². The lowest BCUT2D eigenvalue weighted by atomic mass is 10.1. The Morgan fingerprint density at radius 2 is 1.82 bits per heavy atom. The number of rotatable bonds is 4. The fourth-order valence-electron chi connectivity index (χ4n) is 3.07. The molecule has 2 heterocycles. The Hall–Kier alpha value is -4.00. The van der Waals surface area contributed by atoms with E-state index in [0.717, 1.165) is 14.1 Å². The van der Waals surface area contributed by atoms with Gasteiger partial charge in [0.15, 0.2) is 11.3 Å². The van der Waals surface area contributed by atoms with E-state index in [-0.39, 0.29) is 22.7 Å². The third-order valence-electron chi connectivity index (χ3n) is 4.87. The van der Waals surface area contributed by atoms with E-state index in [2.05, 4.69) is 10.3 Å². The molecule has 180 valence electrons. The summed E-state index contributed by atoms with van der Waals surface area (Å²) in [6, 6.07) is 3.05. The normalized spacial score (nSPS) is 11.4. The summed E-state index contributed by atoms with van der Waals surface area (Å²) >= 11 is 5.99. The van der Waals surface area contributed by atoms with Crippen molar-refractivity contribution in [2.24, 2.45) is 14.1 Å². The summed E-state index contributed by atoms with van der Waals surface area (Å²) < 4.78 is 45.3. The molecule has 0 aliphatic heterocycles. The number of aromatic hydroxyl groups is 2. The van der Waals surface area contributed by atoms with Crippen LogP contribution in [0.25, 0.3) is 11.3 Å². The molecular weight excluding hydrogens is 485 g/mol. The van der Waals surface area contributed by atoms with Gasteiger partial charge in [0, 0.05) is 20.3 Å². The first-order valence-corrected chi connectivity index (χ1v) is 9.60. The average Bonchev–Trinajstić information content (AvgIpc) is 2.77. The van der Waals surface area contributed by atoms with Gasteiger partial charge >= 0.3 is 11.9 Å². The molecule has 0 saturated carbocycles. The minimum atomic E-state index is -4.71. The van der Waals surface area contributed by atoms with Gasteiger partial charge in [-0.3, -0.25) is 23.7 Å². The van der Waals surface area contributed by atoms with E-state index in [9.17, 15) is 37.8 Å². The number of hydrogen-bond donors (Lipinski definition) is 3. The number of pyridine rings is 1. The molecule has 10 nitrogen and oxygen atoms in total. The van der Waals surface area contributed by atoms with Crippen LogP contribution >= 0.6 is 11.6 Å². The number of carbonyl (C=O) groups is 1. The number of halogens is 4. The molecule has 0 aliphatic carbocycles. The summed E-state index contributed by atoms with van der Waals surface area (Å²) in [6.45, 7) is 0. The van der Waals surface area contributed by atoms with Gasteiger partial charge in [-0.2, -0.15) is 13.2 Å². The zero-order valence-electron chi connectivity index (χ0n) is 17.7. The van der Waals surface area contributed by atoms with Crippen molar-refractivity contribution in [3.8, 4) is 28.6 Å². The number of carbonyl (C=O) groups excluding carboxylic acids is 1. The number of amides is 1. The SMILES string of the molecule is COc1ccc(NC(=O)c2c(O)n(C)c(=O)n(C)c2=O)c(O)c1-c1ncc(C(F)(F)F)cc1Cl. The summed E-state index contributed by atoms with van der Waals surface area (Å²) in [7, 11) is 3.46. The average molecular weight is 501 g/mol. The second-order valence-corrected chi connectivity index (χ2v) is 7.36. The molecule has 3 N–H and O–H groups in total. The van der Waals surface area contributed by atoms with E-state index in [1.165, 1.54) is 19.2 Å². The maximum Gasteiger partial charge on any atom is 0.417 e. The smallest absolute Gasteiger partial charge is 0.417 e. The Kier molecular flexibility index (Phi) is 6.33. The van der Waals surface area contributed by atoms with Crippen molar-refractivity contribution in [2.45, 2.75) is 6.18 Å². The molecule has 0 aliphatic rings. The quantitative estimate of drug-likeness (QED) is 0.468. The second-order valence-electron chi connectivity index (χ2n) is 6.95. The number of alkyl halides is 3. The molecule has 0 spiro atoms. The van der Waals surface area contributed by atoms with Gasteiger partial charge in [0.2, 0.25) is 5.88 Å². The molecule has 3 aromatic rings. The van der Waals surface area contributed by atoms with Crippen molar-refractivity contribution in [2.75, 3.05) is 12.4 Å². The van der Waals surface area contributed by atoms with Crippen LogP contribution in [0.15, 0.2) is 34.0 Å². The second kappa shape index (κ2) is 8.74. The van der Waals surface area contributed by atoms with Gasteiger partial charge in [-0.05, 0) is 18.2 Å². The summed E-state index contributed by atoms with van der Waals surface area (Å²) in [6.07, 6.45) is -4.20. The molecule has 1 amide bonds. The van der Waals surface area contributed by atoms with Gasteiger partial charge in [-0.25, -0.2) is 4.79 Å². The maximum absolute atomic E-state index is 13.0. The van der Waals surface area contributed by atoms with E-state index in [1.54, 1.807) is 0 Å². The fourth-order valence-corrected chi connectivity index (χ4v) is 3.33. The lowest BCUT2D eigenvalue weighted by molar-refractivity contribution is -0.137. The number of nitrogens with zero attached hydrogens (tertiary/aromatic N) is 3. The third kappa shape index (κ3) is 4.17. The molecule has 0 bridgehead atoms. The van der Waals surface area contributed by atoms with E-state index < -0.39 is 51.1 Å². The van der Waals surface area contributed by atoms with Crippen molar-refractivity contribution in [3.63, 3.8) is 0 Å². The van der Waals surface area contributed by atoms with Crippen LogP contribution in [0.2, 0.25) is 5.02 Å². The standard InChI is InChI=1S/C20H16ClF3N4O6/c1-27-17(31)13(18(32)28(2)19(27)33)16(30)26-10-4-5-11(34-3)12(15(10)29)14-9(21)6-8(7-25-14)20(22,23)24/h4-7,29,31H,1-3H3,(H,26,30). The Morgan fingerprint density at radius 3 is 2.38 bits per heavy atom. The number of phenols is 1. The van der Waals surface area contributed by atoms with E-state index in [1.807, 2.05) is 0 Å². The van der Waals surface area contributed by atoms with Gasteiger partial charge < -0.3 is 20.3 Å². The molecule has 2 aromatic heterocycles. The Labute approximate surface area is 193 Å². The number of aromatic nitrogens is 3. The highest BCUT2D eigenvalue weighted by atomic mass is 35.5. The first-order chi connectivity index (χ1) is 15.8. The highest BCUT2D eigenvalue weighted by molar-refractivity contribution is 6.33. The number of ether oxygens (including phenoxy) is 1. The number of hydrogen-bond acceptors (Lipinski definition) is 7. The van der Waals surface area contributed by atoms with Crippen LogP contribution in [-0.2, 0) is 20.3 Å². The number of anilines is 1. The van der Waals surface area contributed by atoms with E-state index in [0.29, 0.717) is 21.4 Å². The van der Waals surface area contributed by atoms with Crippen molar-refractivity contribution in [1.82, 2.24) is 14.1 Å². The zero-order chi connectivity index (χ0) is 25.5. The minimum absolute atomic E-state index is 0.0365. The van der Waals surface area contributed by atoms with Crippen molar-refractivity contribution < 1.29 is 32.9 Å². The van der Waals surface area contributed by atoms with Crippen LogP contribution in [0.5, 0.6) is 17.4 Å². The first-order valence-electron chi connectivity index (χ1n) is 9.23. The molecule has 1 aromatic carbocycles. The van der Waals surface area contributed by atoms with Gasteiger partial charge in [-0.1, -0.05) is 11.6 Å². The minimum Gasteiger partial charge on any atom is -0.505 e. The maximum atomic E-state index is 13.0. The lowest BCUT2D eigenvalue weighted by Gasteiger charge is -2.16. The van der Waals surface area contributed by atoms with E-state index >= 15 is 0 Å². The number of benzene rings is 1. The highest BCUT2D eigenvalue weighted by Crippen LogP contribution is 2.45. The molecule has 0 fully saturated rings. The Bertz CT molecular complexity index is 1430. The van der Waals surface area contributed by atoms with Gasteiger partial charge in [0.25, 0.3) is 11.5 Å². The van der Waals surface area contributed by atoms with E-state index in [4.69, 9.17) is 16.3 Å². The molecule has 0 radical (unpaired) electrons. The molecule has 14 heteroatoms.